The van der Waals surface area contributed by atoms with Gasteiger partial charge in [0.2, 0.25) is 15.9 Å². The molecule has 1 aromatic carbocycles. The van der Waals surface area contributed by atoms with Gasteiger partial charge in [0, 0.05) is 19.0 Å². The largest absolute Gasteiger partial charge is 0.494 e. The summed E-state index contributed by atoms with van der Waals surface area (Å²) in [5.41, 5.74) is 0.333. The number of nitrogens with zero attached hydrogens (tertiary/aromatic N) is 1. The SMILES string of the molecule is COc1cc(F)ccc1N1CC(S(N)(=O)=O)CC1=O. The molecule has 0 spiro atoms. The minimum Gasteiger partial charge on any atom is -0.494 e. The number of anilines is 1. The predicted octanol–water partition coefficient (Wildman–Crippen LogP) is 0.228. The number of nitrogens with two attached hydrogens (primary N) is 1. The number of halogens is 1. The number of ether oxygens (including phenoxy) is 1. The van der Waals surface area contributed by atoms with Crippen molar-refractivity contribution in [1.29, 1.82) is 0 Å². The topological polar surface area (TPSA) is 89.7 Å². The standard InChI is InChI=1S/C11H13FN2O4S/c1-18-10-4-7(12)2-3-9(10)14-6-8(5-11(14)15)19(13,16)17/h2-4,8H,5-6H2,1H3,(H2,13,16,17). The van der Waals surface area contributed by atoms with Gasteiger partial charge in [-0.3, -0.25) is 4.79 Å². The van der Waals surface area contributed by atoms with Crippen molar-refractivity contribution in [2.45, 2.75) is 11.7 Å². The molecule has 1 aromatic rings. The monoisotopic (exact) mass is 288 g/mol. The van der Waals surface area contributed by atoms with E-state index in [1.54, 1.807) is 0 Å². The number of sulfonamides is 1. The Morgan fingerprint density at radius 3 is 2.68 bits per heavy atom. The van der Waals surface area contributed by atoms with Crippen molar-refractivity contribution in [3.63, 3.8) is 0 Å². The third-order valence-corrected chi connectivity index (χ3v) is 4.23. The Morgan fingerprint density at radius 1 is 1.47 bits per heavy atom. The van der Waals surface area contributed by atoms with Crippen LogP contribution >= 0.6 is 0 Å². The summed E-state index contributed by atoms with van der Waals surface area (Å²) in [5, 5.41) is 4.09. The maximum Gasteiger partial charge on any atom is 0.228 e. The molecule has 1 heterocycles. The molecular weight excluding hydrogens is 275 g/mol. The van der Waals surface area contributed by atoms with Gasteiger partial charge in [0.25, 0.3) is 0 Å². The van der Waals surface area contributed by atoms with E-state index >= 15 is 0 Å². The number of methoxy groups -OCH3 is 1. The van der Waals surface area contributed by atoms with Gasteiger partial charge in [0.15, 0.2) is 0 Å². The lowest BCUT2D eigenvalue weighted by molar-refractivity contribution is -0.117. The lowest BCUT2D eigenvalue weighted by Crippen LogP contribution is -2.32. The molecule has 1 atom stereocenters. The smallest absolute Gasteiger partial charge is 0.228 e. The van der Waals surface area contributed by atoms with E-state index in [2.05, 4.69) is 0 Å². The highest BCUT2D eigenvalue weighted by Crippen LogP contribution is 2.32. The van der Waals surface area contributed by atoms with E-state index in [9.17, 15) is 17.6 Å². The van der Waals surface area contributed by atoms with E-state index in [4.69, 9.17) is 9.88 Å². The van der Waals surface area contributed by atoms with Gasteiger partial charge < -0.3 is 9.64 Å². The van der Waals surface area contributed by atoms with E-state index < -0.39 is 21.1 Å². The molecule has 8 heteroatoms. The van der Waals surface area contributed by atoms with Crippen LogP contribution in [-0.2, 0) is 14.8 Å². The molecule has 1 aliphatic heterocycles. The van der Waals surface area contributed by atoms with Crippen LogP contribution in [0, 0.1) is 5.82 Å². The Balaban J connectivity index is 2.36. The zero-order valence-electron chi connectivity index (χ0n) is 10.2. The summed E-state index contributed by atoms with van der Waals surface area (Å²) < 4.78 is 40.6. The Bertz CT molecular complexity index is 617. The number of rotatable bonds is 3. The van der Waals surface area contributed by atoms with Crippen molar-refractivity contribution in [3.8, 4) is 5.75 Å². The lowest BCUT2D eigenvalue weighted by atomic mass is 10.2. The molecule has 0 saturated carbocycles. The second-order valence-electron chi connectivity index (χ2n) is 4.24. The van der Waals surface area contributed by atoms with Crippen molar-refractivity contribution in [3.05, 3.63) is 24.0 Å². The van der Waals surface area contributed by atoms with Gasteiger partial charge in [-0.1, -0.05) is 0 Å². The van der Waals surface area contributed by atoms with Crippen LogP contribution in [0.3, 0.4) is 0 Å². The minimum atomic E-state index is -3.78. The van der Waals surface area contributed by atoms with Gasteiger partial charge in [-0.25, -0.2) is 17.9 Å². The molecule has 1 amide bonds. The van der Waals surface area contributed by atoms with Crippen LogP contribution in [0.1, 0.15) is 6.42 Å². The minimum absolute atomic E-state index is 0.0559. The zero-order valence-corrected chi connectivity index (χ0v) is 11.0. The first-order valence-corrected chi connectivity index (χ1v) is 7.09. The predicted molar refractivity (Wildman–Crippen MR) is 66.8 cm³/mol. The number of primary sulfonamides is 1. The molecule has 1 unspecified atom stereocenters. The molecule has 2 rings (SSSR count). The first-order chi connectivity index (χ1) is 8.82. The number of benzene rings is 1. The van der Waals surface area contributed by atoms with E-state index in [0.29, 0.717) is 5.69 Å². The third-order valence-electron chi connectivity index (χ3n) is 2.99. The van der Waals surface area contributed by atoms with Crippen molar-refractivity contribution in [2.24, 2.45) is 5.14 Å². The molecule has 104 valence electrons. The molecular formula is C11H13FN2O4S. The summed E-state index contributed by atoms with van der Waals surface area (Å²) in [5.74, 6) is -0.720. The second-order valence-corrected chi connectivity index (χ2v) is 6.08. The first kappa shape index (κ1) is 13.8. The van der Waals surface area contributed by atoms with Crippen LogP contribution in [0.15, 0.2) is 18.2 Å². The van der Waals surface area contributed by atoms with Gasteiger partial charge in [0.1, 0.15) is 16.8 Å². The quantitative estimate of drug-likeness (QED) is 0.862. The fraction of sp³-hybridized carbons (Fsp3) is 0.364. The maximum atomic E-state index is 13.1. The summed E-state index contributed by atoms with van der Waals surface area (Å²) in [6, 6.07) is 3.68. The number of hydrogen-bond acceptors (Lipinski definition) is 4. The van der Waals surface area contributed by atoms with Gasteiger partial charge in [-0.15, -0.1) is 0 Å². The maximum absolute atomic E-state index is 13.1. The van der Waals surface area contributed by atoms with Crippen LogP contribution in [0.25, 0.3) is 0 Å². The molecule has 0 radical (unpaired) electrons. The Kier molecular flexibility index (Phi) is 3.46. The van der Waals surface area contributed by atoms with E-state index in [-0.39, 0.29) is 24.6 Å². The average Bonchev–Trinajstić information content (AvgIpc) is 2.71. The van der Waals surface area contributed by atoms with Gasteiger partial charge >= 0.3 is 0 Å². The van der Waals surface area contributed by atoms with Crippen LogP contribution in [0.4, 0.5) is 10.1 Å². The highest BCUT2D eigenvalue weighted by Gasteiger charge is 2.38. The summed E-state index contributed by atoms with van der Waals surface area (Å²) in [7, 11) is -2.44. The second kappa shape index (κ2) is 4.78. The van der Waals surface area contributed by atoms with Crippen molar-refractivity contribution in [1.82, 2.24) is 0 Å². The molecule has 0 aliphatic carbocycles. The van der Waals surface area contributed by atoms with Gasteiger partial charge in [-0.05, 0) is 12.1 Å². The number of amides is 1. The zero-order chi connectivity index (χ0) is 14.2. The summed E-state index contributed by atoms with van der Waals surface area (Å²) in [6.45, 7) is -0.0559. The fourth-order valence-corrected chi connectivity index (χ4v) is 2.73. The molecule has 0 bridgehead atoms. The summed E-state index contributed by atoms with van der Waals surface area (Å²) in [6.07, 6.45) is -0.181. The van der Waals surface area contributed by atoms with Crippen LogP contribution in [0.2, 0.25) is 0 Å². The average molecular weight is 288 g/mol. The molecule has 1 fully saturated rings. The Morgan fingerprint density at radius 2 is 2.16 bits per heavy atom. The number of carbonyl (C=O) groups excluding carboxylic acids is 1. The van der Waals surface area contributed by atoms with E-state index in [1.807, 2.05) is 0 Å². The van der Waals surface area contributed by atoms with Crippen LogP contribution in [-0.4, -0.2) is 33.2 Å². The van der Waals surface area contributed by atoms with Crippen LogP contribution in [0.5, 0.6) is 5.75 Å². The molecule has 2 N–H and O–H groups in total. The Hall–Kier alpha value is -1.67. The normalized spacial score (nSPS) is 19.8. The summed E-state index contributed by atoms with van der Waals surface area (Å²) in [4.78, 5) is 13.1. The molecule has 6 nitrogen and oxygen atoms in total. The van der Waals surface area contributed by atoms with Gasteiger partial charge in [0.05, 0.1) is 12.8 Å². The third kappa shape index (κ3) is 2.69. The van der Waals surface area contributed by atoms with Crippen molar-refractivity contribution in [2.75, 3.05) is 18.6 Å². The molecule has 1 saturated heterocycles. The highest BCUT2D eigenvalue weighted by molar-refractivity contribution is 7.89. The molecule has 19 heavy (non-hydrogen) atoms. The summed E-state index contributed by atoms with van der Waals surface area (Å²) >= 11 is 0. The lowest BCUT2D eigenvalue weighted by Gasteiger charge is -2.19. The van der Waals surface area contributed by atoms with Gasteiger partial charge in [-0.2, -0.15) is 0 Å². The van der Waals surface area contributed by atoms with Crippen molar-refractivity contribution < 1.29 is 22.3 Å². The van der Waals surface area contributed by atoms with Crippen LogP contribution < -0.4 is 14.8 Å². The molecule has 1 aliphatic rings. The highest BCUT2D eigenvalue weighted by atomic mass is 32.2. The first-order valence-electron chi connectivity index (χ1n) is 5.48. The van der Waals surface area contributed by atoms with E-state index in [0.717, 1.165) is 6.07 Å². The van der Waals surface area contributed by atoms with Crippen molar-refractivity contribution >= 4 is 21.6 Å². The molecule has 0 aromatic heterocycles. The number of hydrogen-bond donors (Lipinski definition) is 1. The Labute approximate surface area is 110 Å². The van der Waals surface area contributed by atoms with E-state index in [1.165, 1.54) is 24.1 Å². The fourth-order valence-electron chi connectivity index (χ4n) is 2.00. The number of carbonyl (C=O) groups is 1.